The maximum Gasteiger partial charge on any atom is 0.257 e. The highest BCUT2D eigenvalue weighted by Gasteiger charge is 2.27. The molecule has 29 heavy (non-hydrogen) atoms. The molecule has 1 heterocycles. The van der Waals surface area contributed by atoms with Crippen LogP contribution in [0, 0.1) is 5.82 Å². The standard InChI is InChI=1S/C21H25FN2O4S/c1-15(2)28-20-9-8-16(29(3,26)27)14-17(20)21(25)24-12-10-23(11-13-24)19-7-5-4-6-18(19)22/h4-9,14-15H,10-13H2,1-3H3. The summed E-state index contributed by atoms with van der Waals surface area (Å²) in [6.45, 7) is 5.45. The number of halogens is 1. The lowest BCUT2D eigenvalue weighted by Gasteiger charge is -2.36. The van der Waals surface area contributed by atoms with E-state index in [1.165, 1.54) is 24.3 Å². The SMILES string of the molecule is CC(C)Oc1ccc(S(C)(=O)=O)cc1C(=O)N1CCN(c2ccccc2F)CC1. The van der Waals surface area contributed by atoms with Crippen molar-refractivity contribution in [1.29, 1.82) is 0 Å². The second kappa shape index (κ2) is 8.41. The zero-order valence-electron chi connectivity index (χ0n) is 16.8. The first-order valence-electron chi connectivity index (χ1n) is 9.46. The average molecular weight is 421 g/mol. The van der Waals surface area contributed by atoms with E-state index in [4.69, 9.17) is 4.74 Å². The zero-order valence-corrected chi connectivity index (χ0v) is 17.6. The van der Waals surface area contributed by atoms with Crippen LogP contribution in [0.15, 0.2) is 47.4 Å². The van der Waals surface area contributed by atoms with Crippen LogP contribution < -0.4 is 9.64 Å². The Morgan fingerprint density at radius 3 is 2.31 bits per heavy atom. The van der Waals surface area contributed by atoms with Gasteiger partial charge in [0.1, 0.15) is 11.6 Å². The fraction of sp³-hybridized carbons (Fsp3) is 0.381. The molecule has 0 saturated carbocycles. The van der Waals surface area contributed by atoms with Crippen molar-refractivity contribution in [3.8, 4) is 5.75 Å². The molecule has 3 rings (SSSR count). The van der Waals surface area contributed by atoms with Crippen molar-refractivity contribution >= 4 is 21.4 Å². The molecule has 6 nitrogen and oxygen atoms in total. The summed E-state index contributed by atoms with van der Waals surface area (Å²) in [6.07, 6.45) is 0.941. The molecule has 0 spiro atoms. The van der Waals surface area contributed by atoms with Gasteiger partial charge in [0, 0.05) is 32.4 Å². The van der Waals surface area contributed by atoms with E-state index in [-0.39, 0.29) is 28.3 Å². The quantitative estimate of drug-likeness (QED) is 0.744. The van der Waals surface area contributed by atoms with Gasteiger partial charge >= 0.3 is 0 Å². The molecule has 0 atom stereocenters. The minimum absolute atomic E-state index is 0.0712. The summed E-state index contributed by atoms with van der Waals surface area (Å²) in [6, 6.07) is 10.9. The third-order valence-electron chi connectivity index (χ3n) is 4.73. The minimum atomic E-state index is -3.46. The van der Waals surface area contributed by atoms with Crippen LogP contribution >= 0.6 is 0 Å². The number of amides is 1. The highest BCUT2D eigenvalue weighted by Crippen LogP contribution is 2.27. The number of anilines is 1. The molecule has 2 aromatic carbocycles. The lowest BCUT2D eigenvalue weighted by Crippen LogP contribution is -2.49. The maximum atomic E-state index is 14.0. The molecule has 0 radical (unpaired) electrons. The second-order valence-corrected chi connectivity index (χ2v) is 9.34. The predicted molar refractivity (Wildman–Crippen MR) is 110 cm³/mol. The van der Waals surface area contributed by atoms with Crippen LogP contribution in [0.1, 0.15) is 24.2 Å². The highest BCUT2D eigenvalue weighted by molar-refractivity contribution is 7.90. The van der Waals surface area contributed by atoms with Gasteiger partial charge in [-0.2, -0.15) is 0 Å². The normalized spacial score (nSPS) is 14.9. The van der Waals surface area contributed by atoms with Crippen LogP contribution in [0.2, 0.25) is 0 Å². The molecular formula is C21H25FN2O4S. The van der Waals surface area contributed by atoms with Crippen LogP contribution in [-0.2, 0) is 9.84 Å². The molecule has 0 aliphatic carbocycles. The van der Waals surface area contributed by atoms with Gasteiger partial charge < -0.3 is 14.5 Å². The van der Waals surface area contributed by atoms with Crippen molar-refractivity contribution in [2.45, 2.75) is 24.8 Å². The van der Waals surface area contributed by atoms with Crippen molar-refractivity contribution in [2.75, 3.05) is 37.3 Å². The molecule has 0 aromatic heterocycles. The van der Waals surface area contributed by atoms with Gasteiger partial charge in [-0.05, 0) is 44.2 Å². The average Bonchev–Trinajstić information content (AvgIpc) is 2.67. The fourth-order valence-corrected chi connectivity index (χ4v) is 3.94. The van der Waals surface area contributed by atoms with Crippen molar-refractivity contribution in [3.05, 3.63) is 53.8 Å². The molecule has 0 bridgehead atoms. The van der Waals surface area contributed by atoms with Crippen molar-refractivity contribution in [2.24, 2.45) is 0 Å². The Kier molecular flexibility index (Phi) is 6.12. The molecule has 2 aromatic rings. The second-order valence-electron chi connectivity index (χ2n) is 7.33. The Hall–Kier alpha value is -2.61. The van der Waals surface area contributed by atoms with E-state index in [0.29, 0.717) is 37.6 Å². The minimum Gasteiger partial charge on any atom is -0.490 e. The lowest BCUT2D eigenvalue weighted by atomic mass is 10.1. The fourth-order valence-electron chi connectivity index (χ4n) is 3.29. The van der Waals surface area contributed by atoms with Gasteiger partial charge in [0.2, 0.25) is 0 Å². The summed E-state index contributed by atoms with van der Waals surface area (Å²) in [4.78, 5) is 16.8. The maximum absolute atomic E-state index is 14.0. The number of sulfone groups is 1. The van der Waals surface area contributed by atoms with E-state index in [1.807, 2.05) is 18.7 Å². The van der Waals surface area contributed by atoms with Gasteiger partial charge in [0.05, 0.1) is 22.3 Å². The number of piperazine rings is 1. The van der Waals surface area contributed by atoms with Crippen molar-refractivity contribution < 1.29 is 22.3 Å². The molecule has 156 valence electrons. The van der Waals surface area contributed by atoms with E-state index >= 15 is 0 Å². The number of carbonyl (C=O) groups excluding carboxylic acids is 1. The summed E-state index contributed by atoms with van der Waals surface area (Å²) < 4.78 is 43.6. The Morgan fingerprint density at radius 1 is 1.07 bits per heavy atom. The molecule has 0 N–H and O–H groups in total. The molecule has 1 aliphatic rings. The summed E-state index contributed by atoms with van der Waals surface area (Å²) in [5.41, 5.74) is 0.739. The largest absolute Gasteiger partial charge is 0.490 e. The molecular weight excluding hydrogens is 395 g/mol. The third kappa shape index (κ3) is 4.87. The predicted octanol–water partition coefficient (Wildman–Crippen LogP) is 2.98. The van der Waals surface area contributed by atoms with Gasteiger partial charge in [-0.3, -0.25) is 4.79 Å². The number of benzene rings is 2. The number of hydrogen-bond acceptors (Lipinski definition) is 5. The summed E-state index contributed by atoms with van der Waals surface area (Å²) in [7, 11) is -3.46. The first-order valence-corrected chi connectivity index (χ1v) is 11.4. The Morgan fingerprint density at radius 2 is 1.72 bits per heavy atom. The molecule has 0 unspecified atom stereocenters. The van der Waals surface area contributed by atoms with Crippen LogP contribution in [-0.4, -0.2) is 57.8 Å². The number of ether oxygens (including phenoxy) is 1. The van der Waals surface area contributed by atoms with Crippen LogP contribution in [0.3, 0.4) is 0 Å². The van der Waals surface area contributed by atoms with E-state index in [1.54, 1.807) is 23.1 Å². The number of carbonyl (C=O) groups is 1. The topological polar surface area (TPSA) is 66.9 Å². The highest BCUT2D eigenvalue weighted by atomic mass is 32.2. The number of para-hydroxylation sites is 1. The van der Waals surface area contributed by atoms with Gasteiger partial charge in [-0.15, -0.1) is 0 Å². The van der Waals surface area contributed by atoms with E-state index in [2.05, 4.69) is 0 Å². The van der Waals surface area contributed by atoms with E-state index in [0.717, 1.165) is 6.26 Å². The number of hydrogen-bond donors (Lipinski definition) is 0. The summed E-state index contributed by atoms with van der Waals surface area (Å²) in [5.74, 6) is -0.228. The van der Waals surface area contributed by atoms with Crippen molar-refractivity contribution in [1.82, 2.24) is 4.90 Å². The van der Waals surface area contributed by atoms with Crippen LogP contribution in [0.25, 0.3) is 0 Å². The molecule has 1 amide bonds. The molecule has 1 saturated heterocycles. The number of rotatable bonds is 5. The van der Waals surface area contributed by atoms with Gasteiger partial charge in [0.15, 0.2) is 9.84 Å². The smallest absolute Gasteiger partial charge is 0.257 e. The van der Waals surface area contributed by atoms with Gasteiger partial charge in [0.25, 0.3) is 5.91 Å². The van der Waals surface area contributed by atoms with Crippen molar-refractivity contribution in [3.63, 3.8) is 0 Å². The molecule has 1 fully saturated rings. The Balaban J connectivity index is 1.82. The van der Waals surface area contributed by atoms with Gasteiger partial charge in [-0.25, -0.2) is 12.8 Å². The van der Waals surface area contributed by atoms with Crippen LogP contribution in [0.5, 0.6) is 5.75 Å². The summed E-state index contributed by atoms with van der Waals surface area (Å²) in [5, 5.41) is 0. The first-order chi connectivity index (χ1) is 13.7. The van der Waals surface area contributed by atoms with Gasteiger partial charge in [-0.1, -0.05) is 12.1 Å². The first kappa shape index (κ1) is 21.1. The number of nitrogens with zero attached hydrogens (tertiary/aromatic N) is 2. The third-order valence-corrected chi connectivity index (χ3v) is 5.84. The monoisotopic (exact) mass is 420 g/mol. The zero-order chi connectivity index (χ0) is 21.2. The molecule has 8 heteroatoms. The lowest BCUT2D eigenvalue weighted by molar-refractivity contribution is 0.0740. The summed E-state index contributed by atoms with van der Waals surface area (Å²) >= 11 is 0. The Labute approximate surface area is 170 Å². The van der Waals surface area contributed by atoms with E-state index in [9.17, 15) is 17.6 Å². The molecule has 1 aliphatic heterocycles. The Bertz CT molecular complexity index is 999. The van der Waals surface area contributed by atoms with Crippen LogP contribution in [0.4, 0.5) is 10.1 Å². The van der Waals surface area contributed by atoms with E-state index < -0.39 is 9.84 Å².